The fraction of sp³-hybridized carbons (Fsp3) is 1.00. The highest BCUT2D eigenvalue weighted by molar-refractivity contribution is 4.70. The summed E-state index contributed by atoms with van der Waals surface area (Å²) >= 11 is 0. The second-order valence-corrected chi connectivity index (χ2v) is 4.97. The summed E-state index contributed by atoms with van der Waals surface area (Å²) in [6.07, 6.45) is 0.722. The van der Waals surface area contributed by atoms with Crippen molar-refractivity contribution in [2.75, 3.05) is 34.3 Å². The average molecular weight is 188 g/mol. The molecule has 3 nitrogen and oxygen atoms in total. The Morgan fingerprint density at radius 2 is 1.77 bits per heavy atom. The number of rotatable bonds is 2. The van der Waals surface area contributed by atoms with Gasteiger partial charge in [-0.05, 0) is 13.8 Å². The van der Waals surface area contributed by atoms with E-state index in [9.17, 15) is 0 Å². The summed E-state index contributed by atoms with van der Waals surface area (Å²) in [5.41, 5.74) is 0. The Hall–Kier alpha value is -0.120. The van der Waals surface area contributed by atoms with Crippen molar-refractivity contribution in [2.24, 2.45) is 0 Å². The van der Waals surface area contributed by atoms with Crippen molar-refractivity contribution in [3.8, 4) is 0 Å². The van der Waals surface area contributed by atoms with E-state index in [1.54, 1.807) is 0 Å². The van der Waals surface area contributed by atoms with Gasteiger partial charge in [0, 0.05) is 0 Å². The molecule has 0 bridgehead atoms. The van der Waals surface area contributed by atoms with Gasteiger partial charge in [-0.25, -0.2) is 0 Å². The van der Waals surface area contributed by atoms with Crippen LogP contribution in [0.1, 0.15) is 13.8 Å². The molecule has 1 rings (SSSR count). The predicted octanol–water partition coefficient (Wildman–Crippen LogP) is 0.885. The zero-order chi connectivity index (χ0) is 10.1. The van der Waals surface area contributed by atoms with Crippen LogP contribution in [0.2, 0.25) is 0 Å². The van der Waals surface area contributed by atoms with Crippen molar-refractivity contribution in [2.45, 2.75) is 32.2 Å². The third-order valence-corrected chi connectivity index (χ3v) is 2.36. The lowest BCUT2D eigenvalue weighted by atomic mass is 10.2. The first kappa shape index (κ1) is 11.0. The molecule has 0 unspecified atom stereocenters. The normalized spacial score (nSPS) is 36.2. The van der Waals surface area contributed by atoms with E-state index >= 15 is 0 Å². The third kappa shape index (κ3) is 3.63. The van der Waals surface area contributed by atoms with Crippen molar-refractivity contribution in [3.63, 3.8) is 0 Å². The molecule has 0 aromatic heterocycles. The molecule has 13 heavy (non-hydrogen) atoms. The van der Waals surface area contributed by atoms with Crippen LogP contribution in [0.4, 0.5) is 0 Å². The zero-order valence-corrected chi connectivity index (χ0v) is 9.41. The Morgan fingerprint density at radius 1 is 1.15 bits per heavy atom. The molecule has 3 atom stereocenters. The summed E-state index contributed by atoms with van der Waals surface area (Å²) in [5, 5.41) is 0. The fourth-order valence-electron chi connectivity index (χ4n) is 1.55. The predicted molar refractivity (Wildman–Crippen MR) is 52.6 cm³/mol. The zero-order valence-electron chi connectivity index (χ0n) is 9.41. The Labute approximate surface area is 81.2 Å². The number of nitrogens with zero attached hydrogens (tertiary/aromatic N) is 1. The van der Waals surface area contributed by atoms with Crippen molar-refractivity contribution in [1.29, 1.82) is 0 Å². The van der Waals surface area contributed by atoms with Gasteiger partial charge >= 0.3 is 0 Å². The van der Waals surface area contributed by atoms with Gasteiger partial charge in [0.2, 0.25) is 0 Å². The molecule has 1 heterocycles. The molecule has 1 saturated heterocycles. The van der Waals surface area contributed by atoms with Gasteiger partial charge in [-0.15, -0.1) is 0 Å². The molecule has 0 amide bonds. The minimum atomic E-state index is 0.227. The molecule has 78 valence electrons. The van der Waals surface area contributed by atoms with Crippen LogP contribution >= 0.6 is 0 Å². The minimum Gasteiger partial charge on any atom is -0.373 e. The smallest absolute Gasteiger partial charge is 0.130 e. The van der Waals surface area contributed by atoms with E-state index in [1.165, 1.54) is 0 Å². The van der Waals surface area contributed by atoms with Crippen LogP contribution in [0.15, 0.2) is 0 Å². The number of quaternary nitrogens is 1. The second kappa shape index (κ2) is 3.95. The van der Waals surface area contributed by atoms with Crippen LogP contribution in [-0.4, -0.2) is 57.1 Å². The monoisotopic (exact) mass is 188 g/mol. The van der Waals surface area contributed by atoms with E-state index in [-0.39, 0.29) is 18.3 Å². The molecular weight excluding hydrogens is 166 g/mol. The average Bonchev–Trinajstić information content (AvgIpc) is 1.94. The summed E-state index contributed by atoms with van der Waals surface area (Å²) < 4.78 is 12.4. The first-order valence-electron chi connectivity index (χ1n) is 4.96. The summed E-state index contributed by atoms with van der Waals surface area (Å²) in [4.78, 5) is 0. The molecule has 0 aromatic carbocycles. The van der Waals surface area contributed by atoms with Gasteiger partial charge in [-0.3, -0.25) is 0 Å². The highest BCUT2D eigenvalue weighted by Gasteiger charge is 2.29. The van der Waals surface area contributed by atoms with Crippen LogP contribution < -0.4 is 0 Å². The van der Waals surface area contributed by atoms with E-state index in [4.69, 9.17) is 9.47 Å². The van der Waals surface area contributed by atoms with Gasteiger partial charge in [-0.2, -0.15) is 0 Å². The maximum absolute atomic E-state index is 5.83. The lowest BCUT2D eigenvalue weighted by Crippen LogP contribution is -2.49. The third-order valence-electron chi connectivity index (χ3n) is 2.36. The standard InChI is InChI=1S/C10H22NO2/c1-8-9(2)13-10(7-12-8)6-11(3,4)5/h8-10H,6-7H2,1-5H3/q+1/t8-,9-,10+/m0/s1. The van der Waals surface area contributed by atoms with Gasteiger partial charge in [0.05, 0.1) is 40.0 Å². The number of hydrogen-bond donors (Lipinski definition) is 0. The molecule has 1 aliphatic rings. The van der Waals surface area contributed by atoms with Crippen molar-refractivity contribution in [1.82, 2.24) is 0 Å². The molecule has 1 fully saturated rings. The highest BCUT2D eigenvalue weighted by Crippen LogP contribution is 2.15. The van der Waals surface area contributed by atoms with Gasteiger partial charge in [0.1, 0.15) is 12.6 Å². The van der Waals surface area contributed by atoms with E-state index in [0.717, 1.165) is 17.6 Å². The molecule has 0 N–H and O–H groups in total. The van der Waals surface area contributed by atoms with E-state index in [2.05, 4.69) is 35.0 Å². The Morgan fingerprint density at radius 3 is 2.23 bits per heavy atom. The van der Waals surface area contributed by atoms with Gasteiger partial charge in [0.15, 0.2) is 0 Å². The van der Waals surface area contributed by atoms with Crippen molar-refractivity contribution >= 4 is 0 Å². The van der Waals surface area contributed by atoms with Crippen molar-refractivity contribution < 1.29 is 14.0 Å². The molecule has 0 aromatic rings. The van der Waals surface area contributed by atoms with Gasteiger partial charge in [-0.1, -0.05) is 0 Å². The minimum absolute atomic E-state index is 0.227. The Kier molecular flexibility index (Phi) is 3.33. The van der Waals surface area contributed by atoms with Gasteiger partial charge < -0.3 is 14.0 Å². The number of likely N-dealkylation sites (N-methyl/N-ethyl adjacent to an activating group) is 1. The first-order valence-corrected chi connectivity index (χ1v) is 4.96. The summed E-state index contributed by atoms with van der Waals surface area (Å²) in [7, 11) is 6.52. The van der Waals surface area contributed by atoms with E-state index < -0.39 is 0 Å². The maximum atomic E-state index is 5.83. The quantitative estimate of drug-likeness (QED) is 0.599. The molecular formula is C10H22NO2+. The highest BCUT2D eigenvalue weighted by atomic mass is 16.6. The van der Waals surface area contributed by atoms with Gasteiger partial charge in [0.25, 0.3) is 0 Å². The largest absolute Gasteiger partial charge is 0.373 e. The lowest BCUT2D eigenvalue weighted by Gasteiger charge is -2.36. The van der Waals surface area contributed by atoms with Crippen LogP contribution in [-0.2, 0) is 9.47 Å². The number of hydrogen-bond acceptors (Lipinski definition) is 2. The molecule has 0 radical (unpaired) electrons. The molecule has 0 spiro atoms. The van der Waals surface area contributed by atoms with Crippen LogP contribution in [0.3, 0.4) is 0 Å². The lowest BCUT2D eigenvalue weighted by molar-refractivity contribution is -0.874. The summed E-state index contributed by atoms with van der Waals surface area (Å²) in [6, 6.07) is 0. The topological polar surface area (TPSA) is 18.5 Å². The second-order valence-electron chi connectivity index (χ2n) is 4.97. The van der Waals surface area contributed by atoms with Crippen LogP contribution in [0, 0.1) is 0 Å². The Bertz CT molecular complexity index is 165. The molecule has 0 saturated carbocycles. The fourth-order valence-corrected chi connectivity index (χ4v) is 1.55. The summed E-state index contributed by atoms with van der Waals surface area (Å²) in [5.74, 6) is 0. The number of ether oxygens (including phenoxy) is 2. The van der Waals surface area contributed by atoms with Crippen molar-refractivity contribution in [3.05, 3.63) is 0 Å². The van der Waals surface area contributed by atoms with E-state index in [0.29, 0.717) is 0 Å². The van der Waals surface area contributed by atoms with Crippen LogP contribution in [0.25, 0.3) is 0 Å². The van der Waals surface area contributed by atoms with E-state index in [1.807, 2.05) is 0 Å². The molecule has 1 aliphatic heterocycles. The first-order chi connectivity index (χ1) is 5.88. The molecule has 3 heteroatoms. The van der Waals surface area contributed by atoms with Crippen LogP contribution in [0.5, 0.6) is 0 Å². The summed E-state index contributed by atoms with van der Waals surface area (Å²) in [6.45, 7) is 5.89. The maximum Gasteiger partial charge on any atom is 0.130 e. The Balaban J connectivity index is 2.38. The molecule has 0 aliphatic carbocycles. The SMILES string of the molecule is C[C@@H]1OC[C@@H](C[N+](C)(C)C)O[C@H]1C.